The maximum Gasteiger partial charge on any atom is 0.311 e. The molecule has 4 aliphatic heterocycles. The van der Waals surface area contributed by atoms with Crippen molar-refractivity contribution in [3.05, 3.63) is 0 Å². The molecule has 1 spiro atoms. The molecule has 14 nitrogen and oxygen atoms in total. The van der Waals surface area contributed by atoms with Crippen LogP contribution in [0.3, 0.4) is 0 Å². The Morgan fingerprint density at radius 1 is 0.964 bits per heavy atom. The number of ether oxygens (including phenoxy) is 7. The first-order valence-corrected chi connectivity index (χ1v) is 20.7. The van der Waals surface area contributed by atoms with Crippen molar-refractivity contribution in [1.82, 2.24) is 9.80 Å². The molecule has 14 heteroatoms. The summed E-state index contributed by atoms with van der Waals surface area (Å²) in [4.78, 5) is 18.4. The minimum atomic E-state index is -1.78. The number of cyclic esters (lactones) is 1. The van der Waals surface area contributed by atoms with Gasteiger partial charge in [0.2, 0.25) is 0 Å². The average Bonchev–Trinajstić information content (AvgIpc) is 3.92. The van der Waals surface area contributed by atoms with Gasteiger partial charge in [-0.2, -0.15) is 0 Å². The fourth-order valence-electron chi connectivity index (χ4n) is 9.85. The van der Waals surface area contributed by atoms with Crippen LogP contribution in [-0.2, 0) is 38.0 Å². The Morgan fingerprint density at radius 3 is 2.15 bits per heavy atom. The van der Waals surface area contributed by atoms with E-state index in [4.69, 9.17) is 33.2 Å². The monoisotopic (exact) mass is 789 g/mol. The predicted octanol–water partition coefficient (Wildman–Crippen LogP) is 3.09. The van der Waals surface area contributed by atoms with Crippen molar-refractivity contribution in [2.45, 2.75) is 198 Å². The van der Waals surface area contributed by atoms with E-state index in [1.54, 1.807) is 21.0 Å². The summed E-state index contributed by atoms with van der Waals surface area (Å²) in [6.45, 7) is 22.0. The van der Waals surface area contributed by atoms with Gasteiger partial charge in [0.25, 0.3) is 0 Å². The molecule has 4 aliphatic rings. The van der Waals surface area contributed by atoms with E-state index in [1.165, 1.54) is 6.92 Å². The molecule has 0 radical (unpaired) electrons. The highest BCUT2D eigenvalue weighted by atomic mass is 16.7. The van der Waals surface area contributed by atoms with E-state index in [0.29, 0.717) is 32.5 Å². The van der Waals surface area contributed by atoms with E-state index in [1.807, 2.05) is 67.5 Å². The Balaban J connectivity index is 1.83. The number of methoxy groups -OCH3 is 1. The molecule has 4 saturated heterocycles. The lowest BCUT2D eigenvalue weighted by molar-refractivity contribution is -0.315. The Kier molecular flexibility index (Phi) is 15.3. The van der Waals surface area contributed by atoms with Gasteiger partial charge in [0.1, 0.15) is 35.1 Å². The third-order valence-electron chi connectivity index (χ3n) is 13.4. The number of hydrogen-bond donors (Lipinski definition) is 4. The highest BCUT2D eigenvalue weighted by Gasteiger charge is 2.67. The number of hydrogen-bond acceptors (Lipinski definition) is 14. The van der Waals surface area contributed by atoms with Crippen LogP contribution in [0.4, 0.5) is 0 Å². The Labute approximate surface area is 330 Å². The zero-order valence-corrected chi connectivity index (χ0v) is 36.2. The molecule has 322 valence electrons. The van der Waals surface area contributed by atoms with Crippen LogP contribution in [0.2, 0.25) is 0 Å². The van der Waals surface area contributed by atoms with Crippen LogP contribution in [0.25, 0.3) is 0 Å². The first-order chi connectivity index (χ1) is 25.5. The quantitative estimate of drug-likeness (QED) is 0.199. The maximum absolute atomic E-state index is 14.4. The summed E-state index contributed by atoms with van der Waals surface area (Å²) in [6.07, 6.45) is -5.67. The SMILES string of the molecule is CCCN1C[C@H](C)C[C@@](C)(O)[C@H](O[C@@H]2O[C@H](C)C[C@H](N(C)C)[C@H]2O)[C@@H](C)[C@H](O[C@H]2C[C@@](C)(OC)[C@]3(CO3)[C@H](C)O2)[C@@H](C)C(=O)O[C@H](CC)[C@@](C)(O)[C@H](O)[C@H]1C. The summed E-state index contributed by atoms with van der Waals surface area (Å²) in [7, 11) is 5.45. The van der Waals surface area contributed by atoms with Gasteiger partial charge in [0, 0.05) is 38.1 Å². The van der Waals surface area contributed by atoms with Crippen molar-refractivity contribution in [3.63, 3.8) is 0 Å². The molecule has 0 aliphatic carbocycles. The van der Waals surface area contributed by atoms with Crippen LogP contribution in [0.5, 0.6) is 0 Å². The summed E-state index contributed by atoms with van der Waals surface area (Å²) in [5.74, 6) is -2.45. The molecular weight excluding hydrogens is 712 g/mol. The number of carbonyl (C=O) groups excluding carboxylic acids is 1. The van der Waals surface area contributed by atoms with Gasteiger partial charge in [-0.25, -0.2) is 0 Å². The Bertz CT molecular complexity index is 1250. The molecule has 18 atom stereocenters. The Hall–Kier alpha value is -1.01. The van der Waals surface area contributed by atoms with Gasteiger partial charge in [-0.15, -0.1) is 0 Å². The number of likely N-dealkylation sites (N-methyl/N-ethyl adjacent to an activating group) is 1. The lowest BCUT2D eigenvalue weighted by Crippen LogP contribution is -2.61. The van der Waals surface area contributed by atoms with Gasteiger partial charge in [-0.05, 0) is 101 Å². The fourth-order valence-corrected chi connectivity index (χ4v) is 9.85. The molecular formula is C41H76N2O12. The summed E-state index contributed by atoms with van der Waals surface area (Å²) in [5, 5.41) is 48.0. The number of aliphatic hydroxyl groups excluding tert-OH is 2. The smallest absolute Gasteiger partial charge is 0.311 e. The van der Waals surface area contributed by atoms with Gasteiger partial charge >= 0.3 is 5.97 Å². The van der Waals surface area contributed by atoms with Crippen LogP contribution >= 0.6 is 0 Å². The van der Waals surface area contributed by atoms with Crippen LogP contribution in [0.15, 0.2) is 0 Å². The van der Waals surface area contributed by atoms with Gasteiger partial charge in [-0.1, -0.05) is 27.7 Å². The molecule has 4 fully saturated rings. The van der Waals surface area contributed by atoms with Crippen molar-refractivity contribution in [2.24, 2.45) is 17.8 Å². The van der Waals surface area contributed by atoms with Crippen LogP contribution < -0.4 is 0 Å². The second kappa shape index (κ2) is 18.1. The first-order valence-electron chi connectivity index (χ1n) is 20.7. The van der Waals surface area contributed by atoms with Gasteiger partial charge in [-0.3, -0.25) is 9.69 Å². The number of esters is 1. The normalized spacial score (nSPS) is 49.7. The van der Waals surface area contributed by atoms with E-state index in [9.17, 15) is 25.2 Å². The van der Waals surface area contributed by atoms with Crippen LogP contribution in [-0.4, -0.2) is 167 Å². The van der Waals surface area contributed by atoms with E-state index < -0.39 is 95.5 Å². The first kappa shape index (κ1) is 46.7. The zero-order valence-electron chi connectivity index (χ0n) is 36.2. The molecule has 0 bridgehead atoms. The highest BCUT2D eigenvalue weighted by Crippen LogP contribution is 2.51. The van der Waals surface area contributed by atoms with E-state index in [0.717, 1.165) is 6.42 Å². The van der Waals surface area contributed by atoms with E-state index in [-0.39, 0.29) is 30.9 Å². The number of rotatable bonds is 9. The van der Waals surface area contributed by atoms with E-state index in [2.05, 4.69) is 11.8 Å². The number of aliphatic hydroxyl groups is 4. The number of epoxide rings is 1. The van der Waals surface area contributed by atoms with Crippen molar-refractivity contribution in [2.75, 3.05) is 40.9 Å². The lowest BCUT2D eigenvalue weighted by atomic mass is 9.77. The van der Waals surface area contributed by atoms with Crippen molar-refractivity contribution in [1.29, 1.82) is 0 Å². The molecule has 4 rings (SSSR count). The molecule has 0 unspecified atom stereocenters. The third kappa shape index (κ3) is 9.73. The minimum absolute atomic E-state index is 0.119. The maximum atomic E-state index is 14.4. The molecule has 4 heterocycles. The summed E-state index contributed by atoms with van der Waals surface area (Å²) >= 11 is 0. The third-order valence-corrected chi connectivity index (χ3v) is 13.4. The van der Waals surface area contributed by atoms with E-state index >= 15 is 0 Å². The topological polar surface area (TPSA) is 172 Å². The predicted molar refractivity (Wildman–Crippen MR) is 206 cm³/mol. The largest absolute Gasteiger partial charge is 0.459 e. The van der Waals surface area contributed by atoms with Gasteiger partial charge < -0.3 is 58.5 Å². The second-order valence-electron chi connectivity index (χ2n) is 18.3. The molecule has 0 aromatic carbocycles. The Morgan fingerprint density at radius 2 is 1.60 bits per heavy atom. The minimum Gasteiger partial charge on any atom is -0.459 e. The van der Waals surface area contributed by atoms with Crippen molar-refractivity contribution in [3.8, 4) is 0 Å². The van der Waals surface area contributed by atoms with Crippen LogP contribution in [0, 0.1) is 17.8 Å². The standard InChI is InChI=1S/C41H76N2O12/c1-15-17-43-21-23(3)19-38(9,47)35(55-37-32(44)29(42(12)13)18-24(4)51-37)25(5)33(54-31-20-39(10,49-14)41(22-50-41)28(8)52-31)26(6)36(46)53-30(16-2)40(11,48)34(45)27(43)7/h23-35,37,44-45,47-48H,15-22H2,1-14H3/t23-,24-,25+,26-,27-,28+,29+,30-,31+,32-,33+,34-,35-,37+,38-,39-,40-,41+/m1/s1. The fraction of sp³-hybridized carbons (Fsp3) is 0.976. The molecule has 4 N–H and O–H groups in total. The zero-order chi connectivity index (χ0) is 41.4. The summed E-state index contributed by atoms with van der Waals surface area (Å²) in [6, 6.07) is -0.763. The van der Waals surface area contributed by atoms with Crippen LogP contribution in [0.1, 0.15) is 108 Å². The molecule has 0 amide bonds. The van der Waals surface area contributed by atoms with Gasteiger partial charge in [0.05, 0.1) is 42.5 Å². The lowest BCUT2D eigenvalue weighted by Gasteiger charge is -2.49. The van der Waals surface area contributed by atoms with Crippen molar-refractivity contribution < 1.29 is 58.4 Å². The summed E-state index contributed by atoms with van der Waals surface area (Å²) < 4.78 is 44.5. The average molecular weight is 789 g/mol. The second-order valence-corrected chi connectivity index (χ2v) is 18.3. The molecule has 55 heavy (non-hydrogen) atoms. The van der Waals surface area contributed by atoms with Crippen molar-refractivity contribution >= 4 is 5.97 Å². The highest BCUT2D eigenvalue weighted by molar-refractivity contribution is 5.73. The molecule has 0 aromatic rings. The summed E-state index contributed by atoms with van der Waals surface area (Å²) in [5.41, 5.74) is -4.69. The molecule has 0 saturated carbocycles. The number of nitrogens with zero attached hydrogens (tertiary/aromatic N) is 2. The number of carbonyl (C=O) groups is 1. The molecule has 0 aromatic heterocycles. The van der Waals surface area contributed by atoms with Gasteiger partial charge in [0.15, 0.2) is 12.6 Å².